The summed E-state index contributed by atoms with van der Waals surface area (Å²) in [6.07, 6.45) is 4.20. The standard InChI is InChI=1S/C18H21N3O3/c1-24-11-20-10-12(13-5-2-3-6-15(13)20)9-14-18(23)21-8-4-7-16(21)17(22)19-14/h2-3,5-6,10,14,16H,4,7-9,11H2,1H3,(H,19,22). The molecule has 3 heterocycles. The van der Waals surface area contributed by atoms with E-state index in [4.69, 9.17) is 4.74 Å². The number of para-hydroxylation sites is 1. The van der Waals surface area contributed by atoms with Gasteiger partial charge in [-0.15, -0.1) is 0 Å². The number of fused-ring (bicyclic) bond motifs is 2. The van der Waals surface area contributed by atoms with Crippen molar-refractivity contribution in [3.63, 3.8) is 0 Å². The number of nitrogens with one attached hydrogen (secondary N) is 1. The number of carbonyl (C=O) groups excluding carboxylic acids is 2. The summed E-state index contributed by atoms with van der Waals surface area (Å²) in [6.45, 7) is 1.15. The molecule has 4 rings (SSSR count). The molecule has 2 aromatic rings. The lowest BCUT2D eigenvalue weighted by Crippen LogP contribution is -2.61. The van der Waals surface area contributed by atoms with Crippen LogP contribution in [0.3, 0.4) is 0 Å². The van der Waals surface area contributed by atoms with Crippen molar-refractivity contribution in [1.82, 2.24) is 14.8 Å². The van der Waals surface area contributed by atoms with Crippen LogP contribution in [0.4, 0.5) is 0 Å². The summed E-state index contributed by atoms with van der Waals surface area (Å²) in [5.74, 6) is 0.0263. The van der Waals surface area contributed by atoms with Crippen LogP contribution in [0.15, 0.2) is 30.5 Å². The Morgan fingerprint density at radius 3 is 2.96 bits per heavy atom. The van der Waals surface area contributed by atoms with Crippen LogP contribution < -0.4 is 5.32 Å². The van der Waals surface area contributed by atoms with Crippen LogP contribution in [0.1, 0.15) is 18.4 Å². The summed E-state index contributed by atoms with van der Waals surface area (Å²) < 4.78 is 7.28. The molecule has 0 saturated carbocycles. The van der Waals surface area contributed by atoms with E-state index in [1.54, 1.807) is 12.0 Å². The average Bonchev–Trinajstić information content (AvgIpc) is 3.20. The molecule has 2 atom stereocenters. The van der Waals surface area contributed by atoms with E-state index in [0.29, 0.717) is 19.7 Å². The van der Waals surface area contributed by atoms with Crippen molar-refractivity contribution in [3.05, 3.63) is 36.0 Å². The SMILES string of the molecule is COCn1cc(CC2NC(=O)C3CCCN3C2=O)c2ccccc21. The molecule has 0 radical (unpaired) electrons. The molecule has 1 aromatic heterocycles. The molecule has 24 heavy (non-hydrogen) atoms. The van der Waals surface area contributed by atoms with Crippen LogP contribution >= 0.6 is 0 Å². The number of rotatable bonds is 4. The number of carbonyl (C=O) groups is 2. The minimum Gasteiger partial charge on any atom is -0.364 e. The van der Waals surface area contributed by atoms with Crippen LogP contribution in [-0.2, 0) is 27.5 Å². The summed E-state index contributed by atoms with van der Waals surface area (Å²) in [5.41, 5.74) is 2.13. The van der Waals surface area contributed by atoms with Crippen molar-refractivity contribution in [2.24, 2.45) is 0 Å². The highest BCUT2D eigenvalue weighted by Gasteiger charge is 2.42. The molecule has 1 N–H and O–H groups in total. The van der Waals surface area contributed by atoms with Crippen LogP contribution in [-0.4, -0.2) is 47.0 Å². The van der Waals surface area contributed by atoms with E-state index < -0.39 is 6.04 Å². The van der Waals surface area contributed by atoms with Crippen LogP contribution in [0.5, 0.6) is 0 Å². The first-order valence-electron chi connectivity index (χ1n) is 8.35. The number of methoxy groups -OCH3 is 1. The molecule has 2 fully saturated rings. The normalized spacial score (nSPS) is 23.6. The van der Waals surface area contributed by atoms with Gasteiger partial charge in [-0.25, -0.2) is 0 Å². The average molecular weight is 327 g/mol. The Bertz CT molecular complexity index is 798. The fraction of sp³-hybridized carbons (Fsp3) is 0.444. The Hall–Kier alpha value is -2.34. The maximum atomic E-state index is 12.7. The summed E-state index contributed by atoms with van der Waals surface area (Å²) in [4.78, 5) is 26.7. The Morgan fingerprint density at radius 2 is 2.12 bits per heavy atom. The highest BCUT2D eigenvalue weighted by Crippen LogP contribution is 2.26. The van der Waals surface area contributed by atoms with Gasteiger partial charge in [-0.2, -0.15) is 0 Å². The predicted octanol–water partition coefficient (Wildman–Crippen LogP) is 1.28. The maximum absolute atomic E-state index is 12.7. The quantitative estimate of drug-likeness (QED) is 0.920. The summed E-state index contributed by atoms with van der Waals surface area (Å²) in [6, 6.07) is 7.32. The molecule has 0 aliphatic carbocycles. The van der Waals surface area contributed by atoms with E-state index in [1.807, 2.05) is 35.0 Å². The van der Waals surface area contributed by atoms with Crippen molar-refractivity contribution in [2.75, 3.05) is 13.7 Å². The number of aromatic nitrogens is 1. The third-order valence-electron chi connectivity index (χ3n) is 5.02. The topological polar surface area (TPSA) is 63.6 Å². The van der Waals surface area contributed by atoms with Gasteiger partial charge in [0.05, 0.1) is 5.52 Å². The van der Waals surface area contributed by atoms with E-state index in [1.165, 1.54) is 0 Å². The first kappa shape index (κ1) is 15.2. The molecule has 6 heteroatoms. The molecular formula is C18H21N3O3. The van der Waals surface area contributed by atoms with E-state index in [-0.39, 0.29) is 17.9 Å². The van der Waals surface area contributed by atoms with Gasteiger partial charge in [-0.3, -0.25) is 9.59 Å². The minimum absolute atomic E-state index is 0.0160. The van der Waals surface area contributed by atoms with Crippen molar-refractivity contribution < 1.29 is 14.3 Å². The van der Waals surface area contributed by atoms with Crippen molar-refractivity contribution in [2.45, 2.75) is 38.1 Å². The van der Waals surface area contributed by atoms with Gasteiger partial charge in [-0.1, -0.05) is 18.2 Å². The Balaban J connectivity index is 1.64. The maximum Gasteiger partial charge on any atom is 0.246 e. The summed E-state index contributed by atoms with van der Waals surface area (Å²) in [7, 11) is 1.66. The molecule has 0 spiro atoms. The molecule has 2 unspecified atom stereocenters. The van der Waals surface area contributed by atoms with Gasteiger partial charge in [0.2, 0.25) is 11.8 Å². The molecule has 0 bridgehead atoms. The lowest BCUT2D eigenvalue weighted by molar-refractivity contribution is -0.146. The lowest BCUT2D eigenvalue weighted by Gasteiger charge is -2.34. The second-order valence-electron chi connectivity index (χ2n) is 6.51. The zero-order valence-electron chi connectivity index (χ0n) is 13.7. The van der Waals surface area contributed by atoms with Crippen LogP contribution in [0.25, 0.3) is 10.9 Å². The van der Waals surface area contributed by atoms with Crippen molar-refractivity contribution in [3.8, 4) is 0 Å². The predicted molar refractivity (Wildman–Crippen MR) is 89.3 cm³/mol. The van der Waals surface area contributed by atoms with Gasteiger partial charge in [-0.05, 0) is 24.5 Å². The smallest absolute Gasteiger partial charge is 0.246 e. The largest absolute Gasteiger partial charge is 0.364 e. The molecule has 2 aliphatic heterocycles. The number of ether oxygens (including phenoxy) is 1. The number of nitrogens with zero attached hydrogens (tertiary/aromatic N) is 2. The van der Waals surface area contributed by atoms with Gasteiger partial charge in [0, 0.05) is 31.7 Å². The lowest BCUT2D eigenvalue weighted by atomic mass is 10.0. The van der Waals surface area contributed by atoms with E-state index >= 15 is 0 Å². The zero-order chi connectivity index (χ0) is 16.7. The third-order valence-corrected chi connectivity index (χ3v) is 5.02. The first-order chi connectivity index (χ1) is 11.7. The fourth-order valence-electron chi connectivity index (χ4n) is 3.92. The second kappa shape index (κ2) is 5.94. The molecule has 6 nitrogen and oxygen atoms in total. The van der Waals surface area contributed by atoms with Gasteiger partial charge in [0.15, 0.2) is 0 Å². The number of amides is 2. The number of piperazine rings is 1. The highest BCUT2D eigenvalue weighted by atomic mass is 16.5. The highest BCUT2D eigenvalue weighted by molar-refractivity contribution is 5.98. The van der Waals surface area contributed by atoms with E-state index in [9.17, 15) is 9.59 Å². The number of hydrogen-bond acceptors (Lipinski definition) is 3. The fourth-order valence-corrected chi connectivity index (χ4v) is 3.92. The first-order valence-corrected chi connectivity index (χ1v) is 8.35. The third kappa shape index (κ3) is 2.38. The molecule has 2 saturated heterocycles. The van der Waals surface area contributed by atoms with Gasteiger partial charge in [0.1, 0.15) is 18.8 Å². The molecule has 2 amide bonds. The number of benzene rings is 1. The Morgan fingerprint density at radius 1 is 1.29 bits per heavy atom. The summed E-state index contributed by atoms with van der Waals surface area (Å²) in [5, 5.41) is 4.02. The minimum atomic E-state index is -0.478. The van der Waals surface area contributed by atoms with Crippen molar-refractivity contribution >= 4 is 22.7 Å². The van der Waals surface area contributed by atoms with Gasteiger partial charge >= 0.3 is 0 Å². The van der Waals surface area contributed by atoms with Gasteiger partial charge < -0.3 is 19.5 Å². The Kier molecular flexibility index (Phi) is 3.76. The molecule has 2 aliphatic rings. The second-order valence-corrected chi connectivity index (χ2v) is 6.51. The Labute approximate surface area is 140 Å². The molecule has 1 aromatic carbocycles. The van der Waals surface area contributed by atoms with Crippen LogP contribution in [0, 0.1) is 0 Å². The molecular weight excluding hydrogens is 306 g/mol. The number of hydrogen-bond donors (Lipinski definition) is 1. The molecule has 126 valence electrons. The van der Waals surface area contributed by atoms with Crippen LogP contribution in [0.2, 0.25) is 0 Å². The summed E-state index contributed by atoms with van der Waals surface area (Å²) >= 11 is 0. The van der Waals surface area contributed by atoms with E-state index in [2.05, 4.69) is 5.32 Å². The zero-order valence-corrected chi connectivity index (χ0v) is 13.7. The van der Waals surface area contributed by atoms with Crippen molar-refractivity contribution in [1.29, 1.82) is 0 Å². The monoisotopic (exact) mass is 327 g/mol. The van der Waals surface area contributed by atoms with Gasteiger partial charge in [0.25, 0.3) is 0 Å². The van der Waals surface area contributed by atoms with E-state index in [0.717, 1.165) is 29.3 Å².